The molecule has 0 heterocycles. The van der Waals surface area contributed by atoms with Crippen LogP contribution in [0, 0.1) is 22.7 Å². The minimum Gasteiger partial charge on any atom is -0.480 e. The van der Waals surface area contributed by atoms with Crippen LogP contribution in [-0.2, 0) is 4.79 Å². The molecule has 16 heavy (non-hydrogen) atoms. The Hall–Kier alpha value is -1.08. The van der Waals surface area contributed by atoms with Crippen LogP contribution in [0.5, 0.6) is 0 Å². The van der Waals surface area contributed by atoms with E-state index < -0.39 is 5.97 Å². The van der Waals surface area contributed by atoms with Crippen molar-refractivity contribution < 1.29 is 9.90 Å². The topological polar surface area (TPSA) is 73.1 Å². The lowest BCUT2D eigenvalue weighted by Gasteiger charge is -2.17. The second-order valence-corrected chi connectivity index (χ2v) is 5.21. The van der Waals surface area contributed by atoms with Crippen LogP contribution in [0.2, 0.25) is 0 Å². The van der Waals surface area contributed by atoms with Crippen LogP contribution in [0.25, 0.3) is 0 Å². The van der Waals surface area contributed by atoms with Gasteiger partial charge in [0, 0.05) is 0 Å². The highest BCUT2D eigenvalue weighted by atomic mass is 16.4. The molecule has 4 heteroatoms. The number of nitriles is 1. The Kier molecular flexibility index (Phi) is 4.31. The lowest BCUT2D eigenvalue weighted by Crippen LogP contribution is -2.39. The smallest absolute Gasteiger partial charge is 0.320 e. The largest absolute Gasteiger partial charge is 0.480 e. The van der Waals surface area contributed by atoms with E-state index in [0.29, 0.717) is 12.5 Å². The van der Waals surface area contributed by atoms with Crippen molar-refractivity contribution in [3.05, 3.63) is 0 Å². The fraction of sp³-hybridized carbons (Fsp3) is 0.833. The van der Waals surface area contributed by atoms with Gasteiger partial charge >= 0.3 is 5.97 Å². The fourth-order valence-electron chi connectivity index (χ4n) is 1.73. The molecule has 1 unspecified atom stereocenters. The Morgan fingerprint density at radius 3 is 2.69 bits per heavy atom. The maximum atomic E-state index is 10.9. The normalized spacial score (nSPS) is 17.8. The number of carboxylic acid groups (broad SMARTS) is 1. The van der Waals surface area contributed by atoms with Gasteiger partial charge in [0.25, 0.3) is 0 Å². The van der Waals surface area contributed by atoms with Gasteiger partial charge in [0.2, 0.25) is 0 Å². The van der Waals surface area contributed by atoms with Crippen molar-refractivity contribution in [1.82, 2.24) is 5.32 Å². The molecular weight excluding hydrogens is 204 g/mol. The molecule has 0 saturated heterocycles. The summed E-state index contributed by atoms with van der Waals surface area (Å²) in [6, 6.07) is 1.86. The van der Waals surface area contributed by atoms with Gasteiger partial charge in [-0.15, -0.1) is 0 Å². The van der Waals surface area contributed by atoms with Crippen molar-refractivity contribution in [3.63, 3.8) is 0 Å². The molecule has 0 radical (unpaired) electrons. The average molecular weight is 224 g/mol. The summed E-state index contributed by atoms with van der Waals surface area (Å²) in [5, 5.41) is 20.9. The Bertz CT molecular complexity index is 290. The quantitative estimate of drug-likeness (QED) is 0.646. The standard InChI is InChI=1S/C12H20N2O2/c1-12(2,8-13)6-3-7-14-10(11(15)16)9-4-5-9/h9-10,14H,3-7H2,1-2H3,(H,15,16). The SMILES string of the molecule is CC(C)(C#N)CCCNC(C(=O)O)C1CC1. The van der Waals surface area contributed by atoms with Crippen LogP contribution in [0.3, 0.4) is 0 Å². The predicted octanol–water partition coefficient (Wildman–Crippen LogP) is 1.77. The van der Waals surface area contributed by atoms with Gasteiger partial charge in [0.05, 0.1) is 11.5 Å². The van der Waals surface area contributed by atoms with E-state index in [-0.39, 0.29) is 11.5 Å². The Labute approximate surface area is 96.6 Å². The van der Waals surface area contributed by atoms with Crippen LogP contribution in [-0.4, -0.2) is 23.7 Å². The van der Waals surface area contributed by atoms with Gasteiger partial charge in [-0.3, -0.25) is 4.79 Å². The first-order valence-corrected chi connectivity index (χ1v) is 5.84. The minimum atomic E-state index is -0.748. The number of rotatable bonds is 7. The Morgan fingerprint density at radius 1 is 1.62 bits per heavy atom. The van der Waals surface area contributed by atoms with E-state index in [1.807, 2.05) is 13.8 Å². The molecule has 1 aliphatic rings. The molecule has 0 aliphatic heterocycles. The second kappa shape index (κ2) is 5.31. The highest BCUT2D eigenvalue weighted by Gasteiger charge is 2.35. The van der Waals surface area contributed by atoms with Gasteiger partial charge in [-0.05, 0) is 52.0 Å². The molecule has 0 aromatic rings. The van der Waals surface area contributed by atoms with Gasteiger partial charge in [-0.25, -0.2) is 0 Å². The van der Waals surface area contributed by atoms with Crippen molar-refractivity contribution in [3.8, 4) is 6.07 Å². The summed E-state index contributed by atoms with van der Waals surface area (Å²) >= 11 is 0. The molecule has 4 nitrogen and oxygen atoms in total. The number of nitrogens with zero attached hydrogens (tertiary/aromatic N) is 1. The molecule has 0 spiro atoms. The molecular formula is C12H20N2O2. The third-order valence-electron chi connectivity index (χ3n) is 3.00. The first-order chi connectivity index (χ1) is 7.46. The van der Waals surface area contributed by atoms with E-state index in [0.717, 1.165) is 25.7 Å². The van der Waals surface area contributed by atoms with Crippen molar-refractivity contribution in [2.45, 2.75) is 45.6 Å². The van der Waals surface area contributed by atoms with E-state index in [4.69, 9.17) is 10.4 Å². The molecule has 2 N–H and O–H groups in total. The zero-order chi connectivity index (χ0) is 12.2. The molecule has 1 atom stereocenters. The third-order valence-corrected chi connectivity index (χ3v) is 3.00. The fourth-order valence-corrected chi connectivity index (χ4v) is 1.73. The molecule has 0 aromatic heterocycles. The molecule has 1 aliphatic carbocycles. The summed E-state index contributed by atoms with van der Waals surface area (Å²) in [5.74, 6) is -0.427. The molecule has 90 valence electrons. The van der Waals surface area contributed by atoms with Crippen molar-refractivity contribution >= 4 is 5.97 Å². The summed E-state index contributed by atoms with van der Waals surface area (Å²) in [7, 11) is 0. The summed E-state index contributed by atoms with van der Waals surface area (Å²) in [6.07, 6.45) is 3.69. The van der Waals surface area contributed by atoms with Crippen molar-refractivity contribution in [2.24, 2.45) is 11.3 Å². The second-order valence-electron chi connectivity index (χ2n) is 5.21. The third kappa shape index (κ3) is 4.19. The number of carbonyl (C=O) groups is 1. The lowest BCUT2D eigenvalue weighted by molar-refractivity contribution is -0.140. The number of carboxylic acids is 1. The van der Waals surface area contributed by atoms with E-state index in [2.05, 4.69) is 11.4 Å². The Balaban J connectivity index is 2.19. The van der Waals surface area contributed by atoms with Gasteiger partial charge < -0.3 is 10.4 Å². The van der Waals surface area contributed by atoms with Gasteiger partial charge in [-0.2, -0.15) is 5.26 Å². The number of hydrogen-bond acceptors (Lipinski definition) is 3. The van der Waals surface area contributed by atoms with Crippen LogP contribution in [0.4, 0.5) is 0 Å². The Morgan fingerprint density at radius 2 is 2.25 bits per heavy atom. The summed E-state index contributed by atoms with van der Waals surface area (Å²) in [4.78, 5) is 10.9. The van der Waals surface area contributed by atoms with E-state index in [1.165, 1.54) is 0 Å². The summed E-state index contributed by atoms with van der Waals surface area (Å²) < 4.78 is 0. The molecule has 0 aromatic carbocycles. The summed E-state index contributed by atoms with van der Waals surface area (Å²) in [5.41, 5.74) is -0.306. The summed E-state index contributed by atoms with van der Waals surface area (Å²) in [6.45, 7) is 4.49. The van der Waals surface area contributed by atoms with E-state index in [9.17, 15) is 4.79 Å². The number of hydrogen-bond donors (Lipinski definition) is 2. The number of aliphatic carboxylic acids is 1. The molecule has 1 rings (SSSR count). The van der Waals surface area contributed by atoms with E-state index in [1.54, 1.807) is 0 Å². The lowest BCUT2D eigenvalue weighted by atomic mass is 9.90. The maximum Gasteiger partial charge on any atom is 0.320 e. The first-order valence-electron chi connectivity index (χ1n) is 5.84. The van der Waals surface area contributed by atoms with Crippen molar-refractivity contribution in [2.75, 3.05) is 6.54 Å². The van der Waals surface area contributed by atoms with Crippen LogP contribution < -0.4 is 5.32 Å². The highest BCUT2D eigenvalue weighted by Crippen LogP contribution is 2.32. The zero-order valence-electron chi connectivity index (χ0n) is 9.99. The number of nitrogens with one attached hydrogen (secondary N) is 1. The molecule has 1 fully saturated rings. The minimum absolute atomic E-state index is 0.306. The van der Waals surface area contributed by atoms with Gasteiger partial charge in [0.15, 0.2) is 0 Å². The van der Waals surface area contributed by atoms with Gasteiger partial charge in [-0.1, -0.05) is 0 Å². The van der Waals surface area contributed by atoms with Crippen molar-refractivity contribution in [1.29, 1.82) is 5.26 Å². The zero-order valence-corrected chi connectivity index (χ0v) is 9.99. The molecule has 1 saturated carbocycles. The van der Waals surface area contributed by atoms with E-state index >= 15 is 0 Å². The maximum absolute atomic E-state index is 10.9. The molecule has 0 bridgehead atoms. The van der Waals surface area contributed by atoms with Crippen LogP contribution in [0.1, 0.15) is 39.5 Å². The van der Waals surface area contributed by atoms with Gasteiger partial charge in [0.1, 0.15) is 6.04 Å². The first kappa shape index (κ1) is 13.0. The highest BCUT2D eigenvalue weighted by molar-refractivity contribution is 5.74. The molecule has 0 amide bonds. The van der Waals surface area contributed by atoms with Crippen LogP contribution in [0.15, 0.2) is 0 Å². The van der Waals surface area contributed by atoms with Crippen LogP contribution >= 0.6 is 0 Å². The predicted molar refractivity (Wildman–Crippen MR) is 60.8 cm³/mol. The average Bonchev–Trinajstić information content (AvgIpc) is 3.01. The monoisotopic (exact) mass is 224 g/mol.